The Morgan fingerprint density at radius 1 is 1.18 bits per heavy atom. The third kappa shape index (κ3) is 5.57. The van der Waals surface area contributed by atoms with E-state index in [1.165, 1.54) is 30.7 Å². The molecule has 1 aliphatic rings. The number of benzene rings is 2. The van der Waals surface area contributed by atoms with Crippen molar-refractivity contribution in [1.82, 2.24) is 15.0 Å². The standard InChI is InChI=1S/C27H24N8O5/c1-34(2)19-5-3-16(4-6-19)26(36)32-18-13-30-27(31-14-18)33-25-17(11-28)12-29-22-10-24(40-20-7-8-39-15-20)23(35(37)38)9-21(22)25/h3-6,9-10,12-14,20H,7-8,15H2,1-2H3,(H,32,36)(H,29,30,31,33). The van der Waals surface area contributed by atoms with Gasteiger partial charge in [0.05, 0.1) is 53.0 Å². The van der Waals surface area contributed by atoms with E-state index in [1.807, 2.05) is 37.2 Å². The highest BCUT2D eigenvalue weighted by atomic mass is 16.6. The molecule has 0 spiro atoms. The number of nitriles is 1. The van der Waals surface area contributed by atoms with Crippen molar-refractivity contribution in [3.8, 4) is 11.8 Å². The normalized spacial score (nSPS) is 14.4. The van der Waals surface area contributed by atoms with Crippen LogP contribution in [0.1, 0.15) is 22.3 Å². The summed E-state index contributed by atoms with van der Waals surface area (Å²) in [6.07, 6.45) is 4.51. The van der Waals surface area contributed by atoms with E-state index in [1.54, 1.807) is 12.1 Å². The van der Waals surface area contributed by atoms with Crippen LogP contribution in [0.2, 0.25) is 0 Å². The van der Waals surface area contributed by atoms with Crippen molar-refractivity contribution >= 4 is 45.5 Å². The molecule has 40 heavy (non-hydrogen) atoms. The number of nitro benzene ring substituents is 1. The fraction of sp³-hybridized carbons (Fsp3) is 0.222. The van der Waals surface area contributed by atoms with Crippen molar-refractivity contribution in [3.05, 3.63) is 76.2 Å². The second-order valence-electron chi connectivity index (χ2n) is 9.17. The van der Waals surface area contributed by atoms with E-state index >= 15 is 0 Å². The fourth-order valence-electron chi connectivity index (χ4n) is 4.13. The van der Waals surface area contributed by atoms with Gasteiger partial charge in [-0.05, 0) is 24.3 Å². The number of carbonyl (C=O) groups excluding carboxylic acids is 1. The summed E-state index contributed by atoms with van der Waals surface area (Å²) in [5.74, 6) is -0.136. The first-order valence-corrected chi connectivity index (χ1v) is 12.3. The minimum absolute atomic E-state index is 0.0730. The van der Waals surface area contributed by atoms with E-state index in [9.17, 15) is 20.2 Å². The van der Waals surface area contributed by atoms with Crippen LogP contribution in [0.4, 0.5) is 28.7 Å². The number of rotatable bonds is 8. The minimum atomic E-state index is -0.546. The number of aromatic nitrogens is 3. The average Bonchev–Trinajstić information content (AvgIpc) is 3.47. The predicted molar refractivity (Wildman–Crippen MR) is 147 cm³/mol. The van der Waals surface area contributed by atoms with Crippen LogP contribution in [-0.4, -0.2) is 59.2 Å². The van der Waals surface area contributed by atoms with Crippen LogP contribution in [0.15, 0.2) is 55.0 Å². The fourth-order valence-corrected chi connectivity index (χ4v) is 4.13. The molecular formula is C27H24N8O5. The van der Waals surface area contributed by atoms with Gasteiger partial charge in [-0.3, -0.25) is 19.9 Å². The van der Waals surface area contributed by atoms with Crippen LogP contribution >= 0.6 is 0 Å². The Morgan fingerprint density at radius 3 is 2.55 bits per heavy atom. The highest BCUT2D eigenvalue weighted by Gasteiger charge is 2.25. The summed E-state index contributed by atoms with van der Waals surface area (Å²) in [7, 11) is 3.83. The number of hydrogen-bond donors (Lipinski definition) is 2. The maximum absolute atomic E-state index is 12.6. The van der Waals surface area contributed by atoms with Crippen molar-refractivity contribution in [2.24, 2.45) is 0 Å². The third-order valence-electron chi connectivity index (χ3n) is 6.24. The molecule has 13 nitrogen and oxygen atoms in total. The molecule has 0 radical (unpaired) electrons. The Bertz CT molecular complexity index is 1610. The van der Waals surface area contributed by atoms with Gasteiger partial charge in [-0.25, -0.2) is 9.97 Å². The Labute approximate surface area is 228 Å². The smallest absolute Gasteiger partial charge is 0.311 e. The highest BCUT2D eigenvalue weighted by molar-refractivity contribution is 6.04. The molecular weight excluding hydrogens is 516 g/mol. The molecule has 0 bridgehead atoms. The Balaban J connectivity index is 1.39. The molecule has 4 aromatic rings. The van der Waals surface area contributed by atoms with E-state index < -0.39 is 4.92 Å². The molecule has 1 unspecified atom stereocenters. The zero-order valence-corrected chi connectivity index (χ0v) is 21.6. The maximum Gasteiger partial charge on any atom is 0.311 e. The lowest BCUT2D eigenvalue weighted by Gasteiger charge is -2.14. The SMILES string of the molecule is CN(C)c1ccc(C(=O)Nc2cnc(Nc3c(C#N)cnc4cc(OC5CCOC5)c([N+](=O)[O-])cc34)nc2)cc1. The molecule has 1 aliphatic heterocycles. The molecule has 1 atom stereocenters. The second-order valence-corrected chi connectivity index (χ2v) is 9.17. The molecule has 1 saturated heterocycles. The summed E-state index contributed by atoms with van der Waals surface area (Å²) in [4.78, 5) is 38.6. The van der Waals surface area contributed by atoms with Gasteiger partial charge in [-0.2, -0.15) is 5.26 Å². The molecule has 202 valence electrons. The number of ether oxygens (including phenoxy) is 2. The van der Waals surface area contributed by atoms with Gasteiger partial charge in [-0.1, -0.05) is 0 Å². The van der Waals surface area contributed by atoms with E-state index in [0.717, 1.165) is 5.69 Å². The highest BCUT2D eigenvalue weighted by Crippen LogP contribution is 2.37. The zero-order chi connectivity index (χ0) is 28.2. The molecule has 0 saturated carbocycles. The molecule has 2 aromatic heterocycles. The van der Waals surface area contributed by atoms with Gasteiger partial charge < -0.3 is 25.0 Å². The number of anilines is 4. The van der Waals surface area contributed by atoms with Crippen molar-refractivity contribution in [1.29, 1.82) is 5.26 Å². The first-order valence-electron chi connectivity index (χ1n) is 12.3. The number of carbonyl (C=O) groups is 1. The Kier molecular flexibility index (Phi) is 7.34. The van der Waals surface area contributed by atoms with Crippen molar-refractivity contribution in [2.75, 3.05) is 42.8 Å². The summed E-state index contributed by atoms with van der Waals surface area (Å²) in [6, 6.07) is 11.9. The van der Waals surface area contributed by atoms with Crippen LogP contribution in [0, 0.1) is 21.4 Å². The average molecular weight is 541 g/mol. The lowest BCUT2D eigenvalue weighted by Crippen LogP contribution is -2.16. The van der Waals surface area contributed by atoms with Crippen LogP contribution < -0.4 is 20.3 Å². The summed E-state index contributed by atoms with van der Waals surface area (Å²) >= 11 is 0. The summed E-state index contributed by atoms with van der Waals surface area (Å²) in [5.41, 5.74) is 2.31. The number of pyridine rings is 1. The summed E-state index contributed by atoms with van der Waals surface area (Å²) in [5, 5.41) is 27.6. The van der Waals surface area contributed by atoms with Gasteiger partial charge >= 0.3 is 5.69 Å². The molecule has 3 heterocycles. The van der Waals surface area contributed by atoms with Crippen LogP contribution in [0.25, 0.3) is 10.9 Å². The Morgan fingerprint density at radius 2 is 1.93 bits per heavy atom. The summed E-state index contributed by atoms with van der Waals surface area (Å²) < 4.78 is 11.1. The molecule has 5 rings (SSSR count). The molecule has 2 N–H and O–H groups in total. The van der Waals surface area contributed by atoms with Gasteiger partial charge in [0.1, 0.15) is 12.2 Å². The quantitative estimate of drug-likeness (QED) is 0.244. The zero-order valence-electron chi connectivity index (χ0n) is 21.6. The van der Waals surface area contributed by atoms with Gasteiger partial charge in [0.15, 0.2) is 5.75 Å². The van der Waals surface area contributed by atoms with Crippen LogP contribution in [-0.2, 0) is 4.74 Å². The number of amides is 1. The number of nitrogens with one attached hydrogen (secondary N) is 2. The van der Waals surface area contributed by atoms with E-state index in [-0.39, 0.29) is 40.6 Å². The monoisotopic (exact) mass is 540 g/mol. The number of hydrogen-bond acceptors (Lipinski definition) is 11. The summed E-state index contributed by atoms with van der Waals surface area (Å²) in [6.45, 7) is 0.871. The minimum Gasteiger partial charge on any atom is -0.481 e. The van der Waals surface area contributed by atoms with E-state index in [0.29, 0.717) is 41.8 Å². The molecule has 1 amide bonds. The first-order chi connectivity index (χ1) is 19.3. The van der Waals surface area contributed by atoms with Crippen LogP contribution in [0.3, 0.4) is 0 Å². The largest absolute Gasteiger partial charge is 0.481 e. The number of nitro groups is 1. The van der Waals surface area contributed by atoms with Gasteiger partial charge in [0, 0.05) is 55.5 Å². The molecule has 1 fully saturated rings. The number of nitrogens with zero attached hydrogens (tertiary/aromatic N) is 6. The van der Waals surface area contributed by atoms with Crippen molar-refractivity contribution in [3.63, 3.8) is 0 Å². The topological polar surface area (TPSA) is 168 Å². The second kappa shape index (κ2) is 11.2. The lowest BCUT2D eigenvalue weighted by atomic mass is 10.1. The van der Waals surface area contributed by atoms with Gasteiger partial charge in [0.2, 0.25) is 5.95 Å². The van der Waals surface area contributed by atoms with Gasteiger partial charge in [0.25, 0.3) is 5.91 Å². The molecule has 2 aromatic carbocycles. The third-order valence-corrected chi connectivity index (χ3v) is 6.24. The lowest BCUT2D eigenvalue weighted by molar-refractivity contribution is -0.385. The molecule has 13 heteroatoms. The van der Waals surface area contributed by atoms with Gasteiger partial charge in [-0.15, -0.1) is 0 Å². The van der Waals surface area contributed by atoms with E-state index in [4.69, 9.17) is 9.47 Å². The molecule has 0 aliphatic carbocycles. The predicted octanol–water partition coefficient (Wildman–Crippen LogP) is 4.03. The first kappa shape index (κ1) is 26.3. The van der Waals surface area contributed by atoms with Crippen molar-refractivity contribution < 1.29 is 19.2 Å². The van der Waals surface area contributed by atoms with Crippen LogP contribution in [0.5, 0.6) is 5.75 Å². The number of fused-ring (bicyclic) bond motifs is 1. The Hall–Kier alpha value is -5.35. The van der Waals surface area contributed by atoms with Crippen molar-refractivity contribution in [2.45, 2.75) is 12.5 Å². The maximum atomic E-state index is 12.6. The van der Waals surface area contributed by atoms with E-state index in [2.05, 4.69) is 25.6 Å².